The third-order valence-corrected chi connectivity index (χ3v) is 4.19. The van der Waals surface area contributed by atoms with E-state index in [-0.39, 0.29) is 17.9 Å². The van der Waals surface area contributed by atoms with Crippen LogP contribution in [-0.2, 0) is 19.1 Å². The Morgan fingerprint density at radius 3 is 2.70 bits per heavy atom. The minimum Gasteiger partial charge on any atom is -0.467 e. The number of carbonyl (C=O) groups excluding carboxylic acids is 2. The predicted molar refractivity (Wildman–Crippen MR) is 73.2 cm³/mol. The third-order valence-electron chi connectivity index (χ3n) is 4.19. The van der Waals surface area contributed by atoms with Crippen LogP contribution in [0.2, 0.25) is 0 Å². The standard InChI is InChI=1S/C14H24N2O4/c1-10(13(17)15-11-5-3-4-6-11)16-7-8-20-12(9-16)14(18)19-2/h10-12H,3-9H2,1-2H3,(H,15,17). The first kappa shape index (κ1) is 15.3. The van der Waals surface area contributed by atoms with Crippen molar-refractivity contribution in [1.82, 2.24) is 10.2 Å². The normalized spacial score (nSPS) is 26.2. The van der Waals surface area contributed by atoms with Crippen LogP contribution >= 0.6 is 0 Å². The molecule has 0 aromatic heterocycles. The highest BCUT2D eigenvalue weighted by Crippen LogP contribution is 2.18. The number of nitrogens with zero attached hydrogens (tertiary/aromatic N) is 1. The quantitative estimate of drug-likeness (QED) is 0.752. The van der Waals surface area contributed by atoms with Crippen molar-refractivity contribution in [2.24, 2.45) is 0 Å². The van der Waals surface area contributed by atoms with Gasteiger partial charge in [-0.05, 0) is 19.8 Å². The lowest BCUT2D eigenvalue weighted by Crippen LogP contribution is -2.55. The van der Waals surface area contributed by atoms with Gasteiger partial charge in [0.1, 0.15) is 0 Å². The Hall–Kier alpha value is -1.14. The number of amides is 1. The van der Waals surface area contributed by atoms with Crippen molar-refractivity contribution in [3.63, 3.8) is 0 Å². The highest BCUT2D eigenvalue weighted by molar-refractivity contribution is 5.82. The maximum absolute atomic E-state index is 12.2. The summed E-state index contributed by atoms with van der Waals surface area (Å²) < 4.78 is 10.1. The number of carbonyl (C=O) groups is 2. The summed E-state index contributed by atoms with van der Waals surface area (Å²) in [6.07, 6.45) is 3.96. The fourth-order valence-electron chi connectivity index (χ4n) is 2.85. The first-order chi connectivity index (χ1) is 9.61. The summed E-state index contributed by atoms with van der Waals surface area (Å²) in [7, 11) is 1.35. The van der Waals surface area contributed by atoms with Crippen molar-refractivity contribution in [3.05, 3.63) is 0 Å². The number of morpholine rings is 1. The Balaban J connectivity index is 1.85. The van der Waals surface area contributed by atoms with Crippen LogP contribution in [-0.4, -0.2) is 61.8 Å². The van der Waals surface area contributed by atoms with Crippen LogP contribution in [0.4, 0.5) is 0 Å². The Kier molecular flexibility index (Phi) is 5.37. The number of rotatable bonds is 4. The van der Waals surface area contributed by atoms with Crippen LogP contribution < -0.4 is 5.32 Å². The second-order valence-electron chi connectivity index (χ2n) is 5.54. The second-order valence-corrected chi connectivity index (χ2v) is 5.54. The van der Waals surface area contributed by atoms with Gasteiger partial charge in [-0.3, -0.25) is 9.69 Å². The first-order valence-corrected chi connectivity index (χ1v) is 7.35. The molecule has 0 spiro atoms. The molecule has 1 saturated heterocycles. The van der Waals surface area contributed by atoms with Crippen molar-refractivity contribution in [3.8, 4) is 0 Å². The molecule has 2 unspecified atom stereocenters. The fraction of sp³-hybridized carbons (Fsp3) is 0.857. The molecule has 2 aliphatic rings. The maximum atomic E-state index is 12.2. The third kappa shape index (κ3) is 3.70. The number of ether oxygens (including phenoxy) is 2. The summed E-state index contributed by atoms with van der Waals surface area (Å²) in [6.45, 7) is 3.39. The van der Waals surface area contributed by atoms with Gasteiger partial charge in [-0.1, -0.05) is 12.8 Å². The van der Waals surface area contributed by atoms with Crippen molar-refractivity contribution in [2.45, 2.75) is 50.8 Å². The second kappa shape index (κ2) is 7.04. The molecule has 6 heteroatoms. The van der Waals surface area contributed by atoms with E-state index >= 15 is 0 Å². The van der Waals surface area contributed by atoms with Gasteiger partial charge in [0.25, 0.3) is 0 Å². The van der Waals surface area contributed by atoms with Gasteiger partial charge in [-0.25, -0.2) is 4.79 Å². The molecule has 114 valence electrons. The Morgan fingerprint density at radius 1 is 1.35 bits per heavy atom. The number of nitrogens with one attached hydrogen (secondary N) is 1. The van der Waals surface area contributed by atoms with Crippen LogP contribution in [0.5, 0.6) is 0 Å². The smallest absolute Gasteiger partial charge is 0.336 e. The molecule has 6 nitrogen and oxygen atoms in total. The first-order valence-electron chi connectivity index (χ1n) is 7.35. The lowest BCUT2D eigenvalue weighted by Gasteiger charge is -2.35. The molecule has 0 radical (unpaired) electrons. The molecule has 1 aliphatic carbocycles. The van der Waals surface area contributed by atoms with Crippen LogP contribution in [0.15, 0.2) is 0 Å². The largest absolute Gasteiger partial charge is 0.467 e. The molecule has 1 heterocycles. The molecule has 1 amide bonds. The molecule has 20 heavy (non-hydrogen) atoms. The summed E-state index contributed by atoms with van der Waals surface area (Å²) >= 11 is 0. The number of hydrogen-bond donors (Lipinski definition) is 1. The van der Waals surface area contributed by atoms with Gasteiger partial charge < -0.3 is 14.8 Å². The van der Waals surface area contributed by atoms with Crippen molar-refractivity contribution in [1.29, 1.82) is 0 Å². The summed E-state index contributed by atoms with van der Waals surface area (Å²) in [5.74, 6) is -0.333. The molecule has 2 rings (SSSR count). The van der Waals surface area contributed by atoms with Crippen molar-refractivity contribution < 1.29 is 19.1 Å². The molecular weight excluding hydrogens is 260 g/mol. The monoisotopic (exact) mass is 284 g/mol. The Morgan fingerprint density at radius 2 is 2.05 bits per heavy atom. The molecule has 1 aliphatic heterocycles. The van der Waals surface area contributed by atoms with Gasteiger partial charge in [-0.2, -0.15) is 0 Å². The summed E-state index contributed by atoms with van der Waals surface area (Å²) in [4.78, 5) is 25.7. The van der Waals surface area contributed by atoms with E-state index in [1.54, 1.807) is 0 Å². The minimum absolute atomic E-state index is 0.0439. The highest BCUT2D eigenvalue weighted by atomic mass is 16.6. The predicted octanol–water partition coefficient (Wildman–Crippen LogP) is 0.307. The van der Waals surface area contributed by atoms with Crippen molar-refractivity contribution in [2.75, 3.05) is 26.8 Å². The van der Waals surface area contributed by atoms with Gasteiger partial charge in [0, 0.05) is 19.1 Å². The van der Waals surface area contributed by atoms with Gasteiger partial charge in [-0.15, -0.1) is 0 Å². The average molecular weight is 284 g/mol. The topological polar surface area (TPSA) is 67.9 Å². The van der Waals surface area contributed by atoms with E-state index in [0.717, 1.165) is 12.8 Å². The summed E-state index contributed by atoms with van der Waals surface area (Å²) in [6, 6.07) is 0.0778. The SMILES string of the molecule is COC(=O)C1CN(C(C)C(=O)NC2CCCC2)CCO1. The van der Waals surface area contributed by atoms with Crippen LogP contribution in [0.3, 0.4) is 0 Å². The molecule has 2 fully saturated rings. The lowest BCUT2D eigenvalue weighted by atomic mass is 10.1. The van der Waals surface area contributed by atoms with E-state index in [2.05, 4.69) is 5.32 Å². The van der Waals surface area contributed by atoms with Crippen LogP contribution in [0.25, 0.3) is 0 Å². The fourth-order valence-corrected chi connectivity index (χ4v) is 2.85. The number of methoxy groups -OCH3 is 1. The lowest BCUT2D eigenvalue weighted by molar-refractivity contribution is -0.161. The van der Waals surface area contributed by atoms with Crippen LogP contribution in [0.1, 0.15) is 32.6 Å². The summed E-state index contributed by atoms with van der Waals surface area (Å²) in [5.41, 5.74) is 0. The number of hydrogen-bond acceptors (Lipinski definition) is 5. The zero-order chi connectivity index (χ0) is 14.5. The zero-order valence-corrected chi connectivity index (χ0v) is 12.3. The molecule has 0 aromatic carbocycles. The number of esters is 1. The van der Waals surface area contributed by atoms with E-state index in [9.17, 15) is 9.59 Å². The maximum Gasteiger partial charge on any atom is 0.336 e. The molecular formula is C14H24N2O4. The van der Waals surface area contributed by atoms with Gasteiger partial charge in [0.15, 0.2) is 6.10 Å². The average Bonchev–Trinajstić information content (AvgIpc) is 2.98. The summed E-state index contributed by atoms with van der Waals surface area (Å²) in [5, 5.41) is 3.10. The van der Waals surface area contributed by atoms with Crippen LogP contribution in [0, 0.1) is 0 Å². The van der Waals surface area contributed by atoms with E-state index in [1.807, 2.05) is 11.8 Å². The van der Waals surface area contributed by atoms with Crippen molar-refractivity contribution >= 4 is 11.9 Å². The molecule has 0 bridgehead atoms. The van der Waals surface area contributed by atoms with Gasteiger partial charge in [0.05, 0.1) is 19.8 Å². The minimum atomic E-state index is -0.588. The van der Waals surface area contributed by atoms with E-state index in [0.29, 0.717) is 25.7 Å². The van der Waals surface area contributed by atoms with Gasteiger partial charge in [0.2, 0.25) is 5.91 Å². The van der Waals surface area contributed by atoms with Gasteiger partial charge >= 0.3 is 5.97 Å². The van der Waals surface area contributed by atoms with E-state index < -0.39 is 6.10 Å². The van der Waals surface area contributed by atoms with E-state index in [1.165, 1.54) is 20.0 Å². The molecule has 1 saturated carbocycles. The molecule has 1 N–H and O–H groups in total. The zero-order valence-electron chi connectivity index (χ0n) is 12.3. The molecule has 0 aromatic rings. The highest BCUT2D eigenvalue weighted by Gasteiger charge is 2.32. The Bertz CT molecular complexity index is 355. The Labute approximate surface area is 119 Å². The molecule has 2 atom stereocenters. The van der Waals surface area contributed by atoms with E-state index in [4.69, 9.17) is 9.47 Å².